The number of rotatable bonds is 9. The number of esters is 2. The highest BCUT2D eigenvalue weighted by molar-refractivity contribution is 5.67. The maximum Gasteiger partial charge on any atom is 0.431 e. The van der Waals surface area contributed by atoms with Crippen LogP contribution in [-0.2, 0) is 28.6 Å². The Kier molecular flexibility index (Phi) is 9.98. The first-order chi connectivity index (χ1) is 11.0. The van der Waals surface area contributed by atoms with E-state index in [9.17, 15) is 14.4 Å². The van der Waals surface area contributed by atoms with Crippen molar-refractivity contribution in [2.75, 3.05) is 13.2 Å². The zero-order valence-electron chi connectivity index (χ0n) is 14.9. The summed E-state index contributed by atoms with van der Waals surface area (Å²) in [6, 6.07) is 0. The first kappa shape index (κ1) is 22.1. The molecule has 0 saturated carbocycles. The molecule has 0 saturated heterocycles. The molecule has 0 aliphatic rings. The minimum atomic E-state index is -0.731. The van der Waals surface area contributed by atoms with Crippen LogP contribution in [0.5, 0.6) is 0 Å². The van der Waals surface area contributed by atoms with Gasteiger partial charge in [-0.3, -0.25) is 14.4 Å². The summed E-state index contributed by atoms with van der Waals surface area (Å²) >= 11 is 0. The Morgan fingerprint density at radius 2 is 1.50 bits per heavy atom. The van der Waals surface area contributed by atoms with Gasteiger partial charge in [0, 0.05) is 26.7 Å². The zero-order chi connectivity index (χ0) is 18.8. The van der Waals surface area contributed by atoms with Crippen molar-refractivity contribution >= 4 is 18.0 Å². The van der Waals surface area contributed by atoms with Gasteiger partial charge < -0.3 is 19.9 Å². The number of hydroxylamine groups is 1. The van der Waals surface area contributed by atoms with Gasteiger partial charge in [0.1, 0.15) is 17.8 Å². The minimum absolute atomic E-state index is 0.0273. The highest BCUT2D eigenvalue weighted by atomic mass is 16.7. The number of carbonyl (C=O) groups is 3. The highest BCUT2D eigenvalue weighted by Crippen LogP contribution is 2.13. The van der Waals surface area contributed by atoms with Gasteiger partial charge in [-0.05, 0) is 27.3 Å². The average Bonchev–Trinajstić information content (AvgIpc) is 2.38. The van der Waals surface area contributed by atoms with Crippen LogP contribution in [0.4, 0.5) is 4.79 Å². The second-order valence-corrected chi connectivity index (χ2v) is 6.11. The molecule has 2 atom stereocenters. The van der Waals surface area contributed by atoms with Crippen LogP contribution in [0, 0.1) is 0 Å². The van der Waals surface area contributed by atoms with Gasteiger partial charge >= 0.3 is 18.0 Å². The molecule has 0 bridgehead atoms. The molecular weight excluding hydrogens is 320 g/mol. The van der Waals surface area contributed by atoms with E-state index >= 15 is 0 Å². The van der Waals surface area contributed by atoms with E-state index in [0.717, 1.165) is 0 Å². The maximum atomic E-state index is 11.4. The summed E-state index contributed by atoms with van der Waals surface area (Å²) in [6.45, 7) is 7.96. The van der Waals surface area contributed by atoms with Crippen LogP contribution in [0.1, 0.15) is 47.5 Å². The van der Waals surface area contributed by atoms with Gasteiger partial charge in [0.05, 0.1) is 6.61 Å². The molecule has 3 N–H and O–H groups in total. The minimum Gasteiger partial charge on any atom is -0.459 e. The van der Waals surface area contributed by atoms with Crippen molar-refractivity contribution in [2.45, 2.75) is 65.3 Å². The van der Waals surface area contributed by atoms with Crippen molar-refractivity contribution in [1.29, 1.82) is 0 Å². The molecule has 0 fully saturated rings. The fourth-order valence-electron chi connectivity index (χ4n) is 1.82. The smallest absolute Gasteiger partial charge is 0.431 e. The zero-order valence-corrected chi connectivity index (χ0v) is 14.9. The second kappa shape index (κ2) is 10.8. The van der Waals surface area contributed by atoms with Crippen LogP contribution in [0.25, 0.3) is 0 Å². The molecule has 1 amide bonds. The Labute approximate surface area is 142 Å². The third-order valence-corrected chi connectivity index (χ3v) is 2.56. The van der Waals surface area contributed by atoms with Crippen molar-refractivity contribution in [3.8, 4) is 0 Å². The molecule has 24 heavy (non-hydrogen) atoms. The van der Waals surface area contributed by atoms with E-state index in [1.165, 1.54) is 13.8 Å². The molecule has 9 heteroatoms. The van der Waals surface area contributed by atoms with E-state index in [0.29, 0.717) is 6.42 Å². The maximum absolute atomic E-state index is 11.4. The molecule has 0 aromatic carbocycles. The van der Waals surface area contributed by atoms with Crippen molar-refractivity contribution in [2.24, 2.45) is 5.73 Å². The molecule has 0 radical (unpaired) electrons. The van der Waals surface area contributed by atoms with Crippen LogP contribution >= 0.6 is 0 Å². The third-order valence-electron chi connectivity index (χ3n) is 2.56. The van der Waals surface area contributed by atoms with Crippen LogP contribution in [0.2, 0.25) is 0 Å². The van der Waals surface area contributed by atoms with Crippen molar-refractivity contribution in [3.63, 3.8) is 0 Å². The number of nitrogens with two attached hydrogens (primary N) is 1. The largest absolute Gasteiger partial charge is 0.459 e. The van der Waals surface area contributed by atoms with Gasteiger partial charge in [-0.15, -0.1) is 0 Å². The number of hydrogen-bond acceptors (Lipinski definition) is 8. The number of carbonyl (C=O) groups excluding carboxylic acids is 3. The van der Waals surface area contributed by atoms with Gasteiger partial charge in [0.15, 0.2) is 0 Å². The summed E-state index contributed by atoms with van der Waals surface area (Å²) < 4.78 is 15.3. The molecule has 0 aliphatic heterocycles. The molecule has 0 aromatic heterocycles. The monoisotopic (exact) mass is 348 g/mol. The molecule has 140 valence electrons. The molecule has 0 heterocycles. The molecule has 0 aromatic rings. The second-order valence-electron chi connectivity index (χ2n) is 6.11. The lowest BCUT2D eigenvalue weighted by Gasteiger charge is -2.26. The number of nitrogens with one attached hydrogen (secondary N) is 1. The Bertz CT molecular complexity index is 421. The fourth-order valence-corrected chi connectivity index (χ4v) is 1.82. The van der Waals surface area contributed by atoms with E-state index in [-0.39, 0.29) is 19.6 Å². The Morgan fingerprint density at radius 3 is 1.92 bits per heavy atom. The summed E-state index contributed by atoms with van der Waals surface area (Å²) in [6.07, 6.45) is -1.61. The van der Waals surface area contributed by atoms with Crippen molar-refractivity contribution in [1.82, 2.24) is 5.48 Å². The van der Waals surface area contributed by atoms with Crippen LogP contribution < -0.4 is 11.2 Å². The van der Waals surface area contributed by atoms with Gasteiger partial charge in [0.25, 0.3) is 0 Å². The molecule has 9 nitrogen and oxygen atoms in total. The van der Waals surface area contributed by atoms with Gasteiger partial charge in [0.2, 0.25) is 0 Å². The van der Waals surface area contributed by atoms with Crippen LogP contribution in [0.15, 0.2) is 0 Å². The molecule has 2 unspecified atom stereocenters. The molecule has 0 spiro atoms. The summed E-state index contributed by atoms with van der Waals surface area (Å²) in [4.78, 5) is 38.8. The summed E-state index contributed by atoms with van der Waals surface area (Å²) in [7, 11) is 0. The van der Waals surface area contributed by atoms with Crippen molar-refractivity contribution in [3.05, 3.63) is 0 Å². The lowest BCUT2D eigenvalue weighted by molar-refractivity contribution is -0.167. The number of hydrogen-bond donors (Lipinski definition) is 2. The van der Waals surface area contributed by atoms with Gasteiger partial charge in [-0.1, -0.05) is 0 Å². The van der Waals surface area contributed by atoms with E-state index in [1.54, 1.807) is 20.8 Å². The predicted molar refractivity (Wildman–Crippen MR) is 84.7 cm³/mol. The standard InChI is InChI=1S/C15H28N2O7/c1-10(18)22-12(6-8-16)13(23-11(2)19)7-9-21-17-14(20)24-15(3,4)5/h12-13H,6-9,16H2,1-5H3,(H,17,20). The first-order valence-corrected chi connectivity index (χ1v) is 7.70. The Balaban J connectivity index is 4.48. The van der Waals surface area contributed by atoms with Crippen LogP contribution in [0.3, 0.4) is 0 Å². The normalized spacial score (nSPS) is 13.6. The van der Waals surface area contributed by atoms with Gasteiger partial charge in [-0.25, -0.2) is 4.79 Å². The topological polar surface area (TPSA) is 126 Å². The average molecular weight is 348 g/mol. The summed E-state index contributed by atoms with van der Waals surface area (Å²) in [5, 5.41) is 0. The van der Waals surface area contributed by atoms with E-state index in [4.69, 9.17) is 24.8 Å². The Morgan fingerprint density at radius 1 is 1.00 bits per heavy atom. The predicted octanol–water partition coefficient (Wildman–Crippen LogP) is 1.04. The van der Waals surface area contributed by atoms with E-state index < -0.39 is 35.8 Å². The van der Waals surface area contributed by atoms with Crippen LogP contribution in [-0.4, -0.2) is 49.0 Å². The lowest BCUT2D eigenvalue weighted by atomic mass is 10.1. The number of amides is 1. The van der Waals surface area contributed by atoms with E-state index in [2.05, 4.69) is 5.48 Å². The fraction of sp³-hybridized carbons (Fsp3) is 0.800. The SMILES string of the molecule is CC(=O)OC(CCN)C(CCONC(=O)OC(C)(C)C)OC(C)=O. The third kappa shape index (κ3) is 11.7. The highest BCUT2D eigenvalue weighted by Gasteiger charge is 2.26. The van der Waals surface area contributed by atoms with Gasteiger partial charge in [-0.2, -0.15) is 5.48 Å². The summed E-state index contributed by atoms with van der Waals surface area (Å²) in [5.74, 6) is -1.02. The van der Waals surface area contributed by atoms with Crippen molar-refractivity contribution < 1.29 is 33.4 Å². The molecular formula is C15H28N2O7. The molecule has 0 rings (SSSR count). The number of ether oxygens (including phenoxy) is 3. The Hall–Kier alpha value is -1.87. The first-order valence-electron chi connectivity index (χ1n) is 7.70. The summed E-state index contributed by atoms with van der Waals surface area (Å²) in [5.41, 5.74) is 6.97. The lowest BCUT2D eigenvalue weighted by Crippen LogP contribution is -2.38. The van der Waals surface area contributed by atoms with E-state index in [1.807, 2.05) is 0 Å². The quantitative estimate of drug-likeness (QED) is 0.274. The molecule has 0 aliphatic carbocycles.